The average molecular weight is 590 g/mol. The van der Waals surface area contributed by atoms with Crippen molar-refractivity contribution in [1.82, 2.24) is 20.3 Å². The van der Waals surface area contributed by atoms with Gasteiger partial charge >= 0.3 is 0 Å². The van der Waals surface area contributed by atoms with Gasteiger partial charge in [0, 0.05) is 35.6 Å². The van der Waals surface area contributed by atoms with Gasteiger partial charge in [-0.25, -0.2) is 22.8 Å². The van der Waals surface area contributed by atoms with Gasteiger partial charge in [-0.05, 0) is 68.3 Å². The number of sulfone groups is 1. The van der Waals surface area contributed by atoms with Crippen molar-refractivity contribution in [3.05, 3.63) is 78.3 Å². The van der Waals surface area contributed by atoms with E-state index in [2.05, 4.69) is 15.2 Å². The van der Waals surface area contributed by atoms with Gasteiger partial charge in [-0.15, -0.1) is 0 Å². The number of anilines is 1. The molecule has 0 aliphatic carbocycles. The van der Waals surface area contributed by atoms with Gasteiger partial charge in [-0.2, -0.15) is 0 Å². The molecule has 1 fully saturated rings. The van der Waals surface area contributed by atoms with Gasteiger partial charge in [0.15, 0.2) is 6.01 Å². The Balaban J connectivity index is 1.19. The van der Waals surface area contributed by atoms with Crippen LogP contribution in [-0.2, 0) is 16.4 Å². The Morgan fingerprint density at radius 2 is 1.88 bits per heavy atom. The average Bonchev–Trinajstić information content (AvgIpc) is 3.44. The fourth-order valence-electron chi connectivity index (χ4n) is 4.98. The van der Waals surface area contributed by atoms with Crippen LogP contribution < -0.4 is 10.2 Å². The number of hydrogen-bond donors (Lipinski definition) is 2. The Bertz CT molecular complexity index is 1910. The number of nitrogens with one attached hydrogen (secondary N) is 1. The van der Waals surface area contributed by atoms with Crippen LogP contribution in [0.2, 0.25) is 0 Å². The molecule has 0 radical (unpaired) electrons. The Labute approximate surface area is 241 Å². The summed E-state index contributed by atoms with van der Waals surface area (Å²) in [5.74, 6) is 0.386. The minimum atomic E-state index is -4.16. The number of carbonyl (C=O) groups is 1. The maximum atomic E-state index is 13.0. The molecule has 1 aliphatic rings. The van der Waals surface area contributed by atoms with Gasteiger partial charge in [0.05, 0.1) is 34.7 Å². The lowest BCUT2D eigenvalue weighted by atomic mass is 9.94. The third-order valence-corrected chi connectivity index (χ3v) is 8.77. The summed E-state index contributed by atoms with van der Waals surface area (Å²) in [7, 11) is -4.16. The van der Waals surface area contributed by atoms with Crippen LogP contribution in [0.5, 0.6) is 0 Å². The highest BCUT2D eigenvalue weighted by atomic mass is 32.2. The molecule has 0 atom stereocenters. The Morgan fingerprint density at radius 3 is 2.67 bits per heavy atom. The summed E-state index contributed by atoms with van der Waals surface area (Å²) in [6.07, 6.45) is 4.02. The number of pyridine rings is 3. The summed E-state index contributed by atoms with van der Waals surface area (Å²) in [4.78, 5) is 28.8. The highest BCUT2D eigenvalue weighted by molar-refractivity contribution is 7.91. The molecule has 0 bridgehead atoms. The molecular weight excluding hydrogens is 561 g/mol. The van der Waals surface area contributed by atoms with Gasteiger partial charge in [0.2, 0.25) is 9.84 Å². The zero-order valence-electron chi connectivity index (χ0n) is 22.7. The van der Waals surface area contributed by atoms with Crippen molar-refractivity contribution in [2.24, 2.45) is 0 Å². The summed E-state index contributed by atoms with van der Waals surface area (Å²) in [5, 5.41) is 14.0. The molecule has 2 N–H and O–H groups in total. The van der Waals surface area contributed by atoms with E-state index in [0.29, 0.717) is 29.7 Å². The normalized spacial score (nSPS) is 15.3. The van der Waals surface area contributed by atoms with Crippen molar-refractivity contribution in [2.45, 2.75) is 36.8 Å². The zero-order valence-corrected chi connectivity index (χ0v) is 23.6. The van der Waals surface area contributed by atoms with E-state index in [1.165, 1.54) is 18.2 Å². The van der Waals surface area contributed by atoms with Gasteiger partial charge in [0.25, 0.3) is 5.91 Å². The molecule has 0 spiro atoms. The van der Waals surface area contributed by atoms with Crippen LogP contribution in [0.15, 0.2) is 76.4 Å². The fraction of sp³-hybridized carbons (Fsp3) is 0.267. The Hall–Kier alpha value is -4.42. The smallest absolute Gasteiger partial charge is 0.251 e. The van der Waals surface area contributed by atoms with Crippen LogP contribution in [0.4, 0.5) is 10.2 Å². The standard InChI is InChI=1S/C30H28FN5O5S/c1-30(38)9-11-36(12-10-30)28-4-2-3-23(35-28)24-7-5-20-15-32-21(14-25(20)34-24)16-33-29(37)19-6-8-26-22(13-19)27(17-41-26)42(39,40)18-31/h2-8,13-15,17,38H,9-12,16,18H2,1H3,(H,33,37). The number of alkyl halides is 1. The van der Waals surface area contributed by atoms with Crippen LogP contribution >= 0.6 is 0 Å². The van der Waals surface area contributed by atoms with Gasteiger partial charge in [-0.3, -0.25) is 9.78 Å². The summed E-state index contributed by atoms with van der Waals surface area (Å²) in [6.45, 7) is 3.42. The van der Waals surface area contributed by atoms with E-state index in [-0.39, 0.29) is 28.0 Å². The van der Waals surface area contributed by atoms with Gasteiger partial charge in [-0.1, -0.05) is 6.07 Å². The molecule has 4 aromatic heterocycles. The number of benzene rings is 1. The second-order valence-corrected chi connectivity index (χ2v) is 12.5. The van der Waals surface area contributed by atoms with E-state index in [9.17, 15) is 22.7 Å². The molecule has 5 heterocycles. The number of piperidine rings is 1. The predicted octanol–water partition coefficient (Wildman–Crippen LogP) is 4.42. The molecule has 1 saturated heterocycles. The maximum absolute atomic E-state index is 13.0. The first kappa shape index (κ1) is 27.7. The first-order valence-electron chi connectivity index (χ1n) is 13.4. The minimum absolute atomic E-state index is 0.103. The first-order valence-corrected chi connectivity index (χ1v) is 15.1. The second kappa shape index (κ2) is 10.8. The molecule has 1 aromatic carbocycles. The number of hydrogen-bond acceptors (Lipinski definition) is 9. The molecule has 0 unspecified atom stereocenters. The SMILES string of the molecule is CC1(O)CCN(c2cccc(-c3ccc4cnc(CNC(=O)c5ccc6occ(S(=O)(=O)CF)c6c5)cc4n3)n2)CC1. The van der Waals surface area contributed by atoms with E-state index in [4.69, 9.17) is 14.4 Å². The number of carbonyl (C=O) groups excluding carboxylic acids is 1. The third kappa shape index (κ3) is 5.55. The highest BCUT2D eigenvalue weighted by Gasteiger charge is 2.28. The number of rotatable bonds is 7. The van der Waals surface area contributed by atoms with Crippen molar-refractivity contribution >= 4 is 43.4 Å². The Morgan fingerprint density at radius 1 is 1.10 bits per heavy atom. The predicted molar refractivity (Wildman–Crippen MR) is 155 cm³/mol. The van der Waals surface area contributed by atoms with Gasteiger partial charge < -0.3 is 19.7 Å². The topological polar surface area (TPSA) is 139 Å². The quantitative estimate of drug-likeness (QED) is 0.282. The van der Waals surface area contributed by atoms with Crippen molar-refractivity contribution < 1.29 is 27.1 Å². The maximum Gasteiger partial charge on any atom is 0.251 e. The van der Waals surface area contributed by atoms with Crippen LogP contribution in [0.3, 0.4) is 0 Å². The molecule has 12 heteroatoms. The van der Waals surface area contributed by atoms with Gasteiger partial charge in [0.1, 0.15) is 22.6 Å². The van der Waals surface area contributed by atoms with Crippen LogP contribution in [0, 0.1) is 0 Å². The number of aliphatic hydroxyl groups is 1. The molecule has 0 saturated carbocycles. The zero-order chi connectivity index (χ0) is 29.5. The monoisotopic (exact) mass is 589 g/mol. The molecule has 1 amide bonds. The van der Waals surface area contributed by atoms with Crippen LogP contribution in [0.25, 0.3) is 33.3 Å². The van der Waals surface area contributed by atoms with E-state index in [1.54, 1.807) is 12.3 Å². The number of nitrogens with zero attached hydrogens (tertiary/aromatic N) is 4. The Kier molecular flexibility index (Phi) is 7.11. The lowest BCUT2D eigenvalue weighted by Crippen LogP contribution is -2.42. The number of furan rings is 1. The number of halogens is 1. The van der Waals surface area contributed by atoms with E-state index < -0.39 is 27.4 Å². The van der Waals surface area contributed by atoms with Crippen LogP contribution in [-0.4, -0.2) is 59.1 Å². The lowest BCUT2D eigenvalue weighted by Gasteiger charge is -2.36. The van der Waals surface area contributed by atoms with Crippen molar-refractivity contribution in [1.29, 1.82) is 0 Å². The fourth-order valence-corrected chi connectivity index (χ4v) is 5.78. The van der Waals surface area contributed by atoms with E-state index in [0.717, 1.165) is 36.3 Å². The number of aromatic nitrogens is 3. The summed E-state index contributed by atoms with van der Waals surface area (Å²) in [5.41, 5.74) is 2.48. The van der Waals surface area contributed by atoms with Crippen molar-refractivity contribution in [2.75, 3.05) is 24.0 Å². The minimum Gasteiger partial charge on any atom is -0.463 e. The molecule has 1 aliphatic heterocycles. The molecule has 5 aromatic rings. The second-order valence-electron chi connectivity index (χ2n) is 10.6. The highest BCUT2D eigenvalue weighted by Crippen LogP contribution is 2.29. The van der Waals surface area contributed by atoms with Crippen LogP contribution in [0.1, 0.15) is 35.8 Å². The van der Waals surface area contributed by atoms with E-state index >= 15 is 0 Å². The van der Waals surface area contributed by atoms with E-state index in [1.807, 2.05) is 37.3 Å². The third-order valence-electron chi connectivity index (χ3n) is 7.50. The number of fused-ring (bicyclic) bond motifs is 2. The first-order chi connectivity index (χ1) is 20.1. The summed E-state index contributed by atoms with van der Waals surface area (Å²) in [6, 6.07) is 14.2. The van der Waals surface area contributed by atoms with Crippen molar-refractivity contribution in [3.63, 3.8) is 0 Å². The summed E-state index contributed by atoms with van der Waals surface area (Å²) < 4.78 is 42.3. The molecule has 42 heavy (non-hydrogen) atoms. The summed E-state index contributed by atoms with van der Waals surface area (Å²) >= 11 is 0. The molecular formula is C30H28FN5O5S. The van der Waals surface area contributed by atoms with Crippen molar-refractivity contribution in [3.8, 4) is 11.4 Å². The largest absolute Gasteiger partial charge is 0.463 e. The molecule has 10 nitrogen and oxygen atoms in total. The number of amides is 1. The molecule has 6 rings (SSSR count). The lowest BCUT2D eigenvalue weighted by molar-refractivity contribution is 0.0350. The molecule has 216 valence electrons.